The van der Waals surface area contributed by atoms with E-state index in [-0.39, 0.29) is 18.2 Å². The largest absolute Gasteiger partial charge is 0.348 e. The van der Waals surface area contributed by atoms with Gasteiger partial charge in [-0.25, -0.2) is 9.97 Å². The van der Waals surface area contributed by atoms with E-state index in [1.54, 1.807) is 12.4 Å². The number of aromatic amines is 2. The van der Waals surface area contributed by atoms with Gasteiger partial charge in [0, 0.05) is 18.8 Å². The van der Waals surface area contributed by atoms with E-state index in [0.717, 1.165) is 22.4 Å². The molecule has 124 valence electrons. The van der Waals surface area contributed by atoms with E-state index in [9.17, 15) is 4.79 Å². The van der Waals surface area contributed by atoms with Gasteiger partial charge in [-0.2, -0.15) is 0 Å². The van der Waals surface area contributed by atoms with Gasteiger partial charge in [0.25, 0.3) is 0 Å². The summed E-state index contributed by atoms with van der Waals surface area (Å²) in [6, 6.07) is 17.5. The molecule has 0 spiro atoms. The van der Waals surface area contributed by atoms with Crippen LogP contribution in [0, 0.1) is 0 Å². The van der Waals surface area contributed by atoms with Gasteiger partial charge in [-0.15, -0.1) is 0 Å². The molecule has 0 aliphatic carbocycles. The summed E-state index contributed by atoms with van der Waals surface area (Å²) >= 11 is 0. The SMILES string of the molecule is O=C(C[C@@H](c1ccccc1)c1ncc[nH]1)Nc1nc2ccccc2[nH]1. The molecule has 1 amide bonds. The first-order valence-electron chi connectivity index (χ1n) is 8.08. The highest BCUT2D eigenvalue weighted by Gasteiger charge is 2.21. The standard InChI is InChI=1S/C19H17N5O/c25-17(24-19-22-15-8-4-5-9-16(15)23-19)12-14(18-20-10-11-21-18)13-6-2-1-3-7-13/h1-11,14H,12H2,(H,20,21)(H2,22,23,24,25)/t14-/m0/s1. The zero-order valence-corrected chi connectivity index (χ0v) is 13.4. The molecule has 6 nitrogen and oxygen atoms in total. The van der Waals surface area contributed by atoms with E-state index in [0.29, 0.717) is 5.95 Å². The van der Waals surface area contributed by atoms with Gasteiger partial charge in [0.2, 0.25) is 11.9 Å². The van der Waals surface area contributed by atoms with Crippen molar-refractivity contribution in [3.8, 4) is 0 Å². The molecular formula is C19H17N5O. The third kappa shape index (κ3) is 3.28. The van der Waals surface area contributed by atoms with Crippen molar-refractivity contribution in [3.05, 3.63) is 78.4 Å². The van der Waals surface area contributed by atoms with Gasteiger partial charge >= 0.3 is 0 Å². The minimum Gasteiger partial charge on any atom is -0.348 e. The number of imidazole rings is 2. The third-order valence-electron chi connectivity index (χ3n) is 4.09. The summed E-state index contributed by atoms with van der Waals surface area (Å²) in [5.41, 5.74) is 2.75. The van der Waals surface area contributed by atoms with Crippen LogP contribution in [0.2, 0.25) is 0 Å². The molecule has 3 N–H and O–H groups in total. The lowest BCUT2D eigenvalue weighted by atomic mass is 9.94. The van der Waals surface area contributed by atoms with E-state index in [4.69, 9.17) is 0 Å². The second kappa shape index (κ2) is 6.60. The van der Waals surface area contributed by atoms with Crippen molar-refractivity contribution < 1.29 is 4.79 Å². The Hall–Kier alpha value is -3.41. The van der Waals surface area contributed by atoms with Crippen molar-refractivity contribution >= 4 is 22.9 Å². The topological polar surface area (TPSA) is 86.5 Å². The molecule has 25 heavy (non-hydrogen) atoms. The molecule has 0 aliphatic rings. The highest BCUT2D eigenvalue weighted by atomic mass is 16.1. The smallest absolute Gasteiger partial charge is 0.227 e. The average Bonchev–Trinajstić information content (AvgIpc) is 3.29. The molecule has 0 saturated heterocycles. The van der Waals surface area contributed by atoms with Crippen LogP contribution in [0.5, 0.6) is 0 Å². The molecule has 0 unspecified atom stereocenters. The molecule has 0 radical (unpaired) electrons. The number of hydrogen-bond donors (Lipinski definition) is 3. The molecule has 2 aromatic carbocycles. The number of nitrogens with zero attached hydrogens (tertiary/aromatic N) is 2. The first-order chi connectivity index (χ1) is 12.3. The number of carbonyl (C=O) groups excluding carboxylic acids is 1. The maximum Gasteiger partial charge on any atom is 0.227 e. The molecule has 2 heterocycles. The molecule has 1 atom stereocenters. The predicted molar refractivity (Wildman–Crippen MR) is 96.2 cm³/mol. The Morgan fingerprint density at radius 2 is 1.88 bits per heavy atom. The summed E-state index contributed by atoms with van der Waals surface area (Å²) in [5, 5.41) is 2.85. The lowest BCUT2D eigenvalue weighted by Gasteiger charge is -2.14. The minimum atomic E-state index is -0.138. The van der Waals surface area contributed by atoms with Crippen LogP contribution in [0.25, 0.3) is 11.0 Å². The van der Waals surface area contributed by atoms with Crippen LogP contribution in [0.4, 0.5) is 5.95 Å². The van der Waals surface area contributed by atoms with Crippen LogP contribution in [0.3, 0.4) is 0 Å². The maximum atomic E-state index is 12.6. The van der Waals surface area contributed by atoms with Crippen LogP contribution in [0.15, 0.2) is 67.0 Å². The molecule has 0 aliphatic heterocycles. The summed E-state index contributed by atoms with van der Waals surface area (Å²) in [6.45, 7) is 0. The fourth-order valence-electron chi connectivity index (χ4n) is 2.91. The summed E-state index contributed by atoms with van der Waals surface area (Å²) in [5.74, 6) is 0.966. The Kier molecular flexibility index (Phi) is 4.00. The van der Waals surface area contributed by atoms with Gasteiger partial charge in [-0.1, -0.05) is 42.5 Å². The quantitative estimate of drug-likeness (QED) is 0.523. The molecule has 0 fully saturated rings. The van der Waals surface area contributed by atoms with Gasteiger partial charge < -0.3 is 9.97 Å². The molecule has 0 saturated carbocycles. The van der Waals surface area contributed by atoms with Crippen molar-refractivity contribution in [2.24, 2.45) is 0 Å². The van der Waals surface area contributed by atoms with Crippen molar-refractivity contribution in [1.82, 2.24) is 19.9 Å². The number of benzene rings is 2. The summed E-state index contributed by atoms with van der Waals surface area (Å²) in [4.78, 5) is 27.5. The van der Waals surface area contributed by atoms with Gasteiger partial charge in [-0.05, 0) is 17.7 Å². The average molecular weight is 331 g/mol. The molecule has 4 rings (SSSR count). The Balaban J connectivity index is 1.54. The van der Waals surface area contributed by atoms with E-state index in [1.807, 2.05) is 54.6 Å². The Labute approximate surface area is 144 Å². The van der Waals surface area contributed by atoms with Gasteiger partial charge in [0.05, 0.1) is 17.0 Å². The fourth-order valence-corrected chi connectivity index (χ4v) is 2.91. The van der Waals surface area contributed by atoms with E-state index >= 15 is 0 Å². The maximum absolute atomic E-state index is 12.6. The first kappa shape index (κ1) is 15.1. The highest BCUT2D eigenvalue weighted by Crippen LogP contribution is 2.25. The van der Waals surface area contributed by atoms with Crippen LogP contribution in [-0.4, -0.2) is 25.8 Å². The van der Waals surface area contributed by atoms with Crippen molar-refractivity contribution in [1.29, 1.82) is 0 Å². The zero-order chi connectivity index (χ0) is 17.1. The van der Waals surface area contributed by atoms with Gasteiger partial charge in [-0.3, -0.25) is 10.1 Å². The number of hydrogen-bond acceptors (Lipinski definition) is 3. The Morgan fingerprint density at radius 3 is 2.64 bits per heavy atom. The van der Waals surface area contributed by atoms with Crippen molar-refractivity contribution in [2.45, 2.75) is 12.3 Å². The minimum absolute atomic E-state index is 0.121. The number of para-hydroxylation sites is 2. The van der Waals surface area contributed by atoms with Gasteiger partial charge in [0.15, 0.2) is 0 Å². The number of nitrogens with one attached hydrogen (secondary N) is 3. The first-order valence-corrected chi connectivity index (χ1v) is 8.08. The number of amides is 1. The molecule has 2 aromatic heterocycles. The van der Waals surface area contributed by atoms with E-state index < -0.39 is 0 Å². The lowest BCUT2D eigenvalue weighted by molar-refractivity contribution is -0.116. The Morgan fingerprint density at radius 1 is 1.08 bits per heavy atom. The van der Waals surface area contributed by atoms with Crippen molar-refractivity contribution in [2.75, 3.05) is 5.32 Å². The van der Waals surface area contributed by atoms with Crippen LogP contribution < -0.4 is 5.32 Å². The fraction of sp³-hybridized carbons (Fsp3) is 0.105. The summed E-state index contributed by atoms with van der Waals surface area (Å²) < 4.78 is 0. The van der Waals surface area contributed by atoms with Crippen LogP contribution in [0.1, 0.15) is 23.7 Å². The second-order valence-corrected chi connectivity index (χ2v) is 5.79. The van der Waals surface area contributed by atoms with E-state index in [1.165, 1.54) is 0 Å². The zero-order valence-electron chi connectivity index (χ0n) is 13.4. The normalized spacial score (nSPS) is 12.2. The summed E-state index contributed by atoms with van der Waals surface area (Å²) in [7, 11) is 0. The highest BCUT2D eigenvalue weighted by molar-refractivity contribution is 5.91. The predicted octanol–water partition coefficient (Wildman–Crippen LogP) is 3.45. The second-order valence-electron chi connectivity index (χ2n) is 5.79. The molecule has 4 aromatic rings. The number of anilines is 1. The summed E-state index contributed by atoms with van der Waals surface area (Å²) in [6.07, 6.45) is 3.74. The number of rotatable bonds is 5. The number of H-pyrrole nitrogens is 2. The van der Waals surface area contributed by atoms with Crippen molar-refractivity contribution in [3.63, 3.8) is 0 Å². The molecular weight excluding hydrogens is 314 g/mol. The molecule has 0 bridgehead atoms. The Bertz CT molecular complexity index is 942. The molecule has 6 heteroatoms. The van der Waals surface area contributed by atoms with Crippen LogP contribution >= 0.6 is 0 Å². The number of aromatic nitrogens is 4. The van der Waals surface area contributed by atoms with Crippen LogP contribution in [-0.2, 0) is 4.79 Å². The monoisotopic (exact) mass is 331 g/mol. The number of carbonyl (C=O) groups is 1. The van der Waals surface area contributed by atoms with Gasteiger partial charge in [0.1, 0.15) is 5.82 Å². The van der Waals surface area contributed by atoms with E-state index in [2.05, 4.69) is 25.3 Å². The number of fused-ring (bicyclic) bond motifs is 1. The third-order valence-corrected chi connectivity index (χ3v) is 4.09. The lowest BCUT2D eigenvalue weighted by Crippen LogP contribution is -2.18.